The number of anilines is 3. The lowest BCUT2D eigenvalue weighted by atomic mass is 10.2. The highest BCUT2D eigenvalue weighted by atomic mass is 16.3. The Kier molecular flexibility index (Phi) is 4.05. The van der Waals surface area contributed by atoms with Crippen molar-refractivity contribution in [2.75, 3.05) is 10.6 Å². The zero-order valence-corrected chi connectivity index (χ0v) is 12.6. The van der Waals surface area contributed by atoms with E-state index in [1.165, 1.54) is 5.56 Å². The molecular weight excluding hydrogens is 276 g/mol. The Labute approximate surface area is 129 Å². The van der Waals surface area contributed by atoms with Gasteiger partial charge in [-0.25, -0.2) is 9.97 Å². The van der Waals surface area contributed by atoms with Gasteiger partial charge in [-0.1, -0.05) is 18.2 Å². The molecule has 0 bridgehead atoms. The van der Waals surface area contributed by atoms with Crippen molar-refractivity contribution in [3.8, 4) is 0 Å². The topological polar surface area (TPSA) is 63.0 Å². The smallest absolute Gasteiger partial charge is 0.136 e. The highest BCUT2D eigenvalue weighted by Crippen LogP contribution is 2.20. The van der Waals surface area contributed by atoms with Gasteiger partial charge in [0, 0.05) is 11.8 Å². The minimum absolute atomic E-state index is 0.591. The molecule has 0 spiro atoms. The van der Waals surface area contributed by atoms with Gasteiger partial charge in [-0.05, 0) is 37.6 Å². The van der Waals surface area contributed by atoms with Crippen LogP contribution in [0.15, 0.2) is 53.1 Å². The number of nitrogens with one attached hydrogen (secondary N) is 2. The second kappa shape index (κ2) is 6.30. The number of furan rings is 1. The first kappa shape index (κ1) is 14.1. The van der Waals surface area contributed by atoms with Crippen molar-refractivity contribution < 1.29 is 4.42 Å². The summed E-state index contributed by atoms with van der Waals surface area (Å²) in [5.74, 6) is 3.11. The lowest BCUT2D eigenvalue weighted by Gasteiger charge is -2.11. The van der Waals surface area contributed by atoms with Gasteiger partial charge in [0.1, 0.15) is 23.2 Å². The molecule has 112 valence electrons. The third-order valence-electron chi connectivity index (χ3n) is 3.27. The van der Waals surface area contributed by atoms with Crippen molar-refractivity contribution in [2.45, 2.75) is 20.4 Å². The van der Waals surface area contributed by atoms with Gasteiger partial charge >= 0.3 is 0 Å². The second-order valence-electron chi connectivity index (χ2n) is 5.06. The fourth-order valence-electron chi connectivity index (χ4n) is 2.16. The zero-order chi connectivity index (χ0) is 15.4. The van der Waals surface area contributed by atoms with E-state index < -0.39 is 0 Å². The molecule has 2 aromatic heterocycles. The van der Waals surface area contributed by atoms with E-state index in [-0.39, 0.29) is 0 Å². The highest BCUT2D eigenvalue weighted by Gasteiger charge is 2.04. The average molecular weight is 294 g/mol. The first-order chi connectivity index (χ1) is 10.7. The number of hydrogen-bond donors (Lipinski definition) is 2. The number of aromatic nitrogens is 2. The van der Waals surface area contributed by atoms with Crippen molar-refractivity contribution in [1.82, 2.24) is 9.97 Å². The Balaban J connectivity index is 1.76. The Morgan fingerprint density at radius 2 is 1.82 bits per heavy atom. The largest absolute Gasteiger partial charge is 0.467 e. The maximum atomic E-state index is 5.31. The zero-order valence-electron chi connectivity index (χ0n) is 12.6. The van der Waals surface area contributed by atoms with Gasteiger partial charge in [0.2, 0.25) is 0 Å². The molecule has 0 fully saturated rings. The third-order valence-corrected chi connectivity index (χ3v) is 3.27. The Hall–Kier alpha value is -2.82. The highest BCUT2D eigenvalue weighted by molar-refractivity contribution is 5.62. The van der Waals surface area contributed by atoms with Crippen molar-refractivity contribution in [3.63, 3.8) is 0 Å². The van der Waals surface area contributed by atoms with E-state index in [4.69, 9.17) is 4.42 Å². The summed E-state index contributed by atoms with van der Waals surface area (Å²) in [6.07, 6.45) is 1.66. The summed E-state index contributed by atoms with van der Waals surface area (Å²) in [5.41, 5.74) is 2.21. The lowest BCUT2D eigenvalue weighted by Crippen LogP contribution is -2.05. The van der Waals surface area contributed by atoms with Gasteiger partial charge in [-0.2, -0.15) is 0 Å². The summed E-state index contributed by atoms with van der Waals surface area (Å²) in [7, 11) is 0. The SMILES string of the molecule is Cc1nc(NCc2ccco2)cc(Nc2ccccc2C)n1. The quantitative estimate of drug-likeness (QED) is 0.743. The van der Waals surface area contributed by atoms with E-state index in [1.54, 1.807) is 6.26 Å². The van der Waals surface area contributed by atoms with Crippen LogP contribution >= 0.6 is 0 Å². The van der Waals surface area contributed by atoms with Crippen LogP contribution < -0.4 is 10.6 Å². The lowest BCUT2D eigenvalue weighted by molar-refractivity contribution is 0.518. The molecular formula is C17H18N4O. The van der Waals surface area contributed by atoms with Crippen LogP contribution in [0.4, 0.5) is 17.3 Å². The van der Waals surface area contributed by atoms with E-state index >= 15 is 0 Å². The summed E-state index contributed by atoms with van der Waals surface area (Å²) >= 11 is 0. The van der Waals surface area contributed by atoms with Crippen LogP contribution in [-0.2, 0) is 6.54 Å². The molecule has 0 radical (unpaired) electrons. The molecule has 3 rings (SSSR count). The molecule has 22 heavy (non-hydrogen) atoms. The van der Waals surface area contributed by atoms with Crippen molar-refractivity contribution in [1.29, 1.82) is 0 Å². The standard InChI is InChI=1S/C17H18N4O/c1-12-6-3-4-8-15(12)21-17-10-16(19-13(2)20-17)18-11-14-7-5-9-22-14/h3-10H,11H2,1-2H3,(H2,18,19,20,21). The Morgan fingerprint density at radius 3 is 2.59 bits per heavy atom. The van der Waals surface area contributed by atoms with Crippen LogP contribution in [0.5, 0.6) is 0 Å². The van der Waals surface area contributed by atoms with Crippen LogP contribution in [0.1, 0.15) is 17.1 Å². The first-order valence-corrected chi connectivity index (χ1v) is 7.15. The summed E-state index contributed by atoms with van der Waals surface area (Å²) in [5, 5.41) is 6.58. The number of rotatable bonds is 5. The maximum Gasteiger partial charge on any atom is 0.136 e. The van der Waals surface area contributed by atoms with Crippen LogP contribution in [0, 0.1) is 13.8 Å². The van der Waals surface area contributed by atoms with Gasteiger partial charge in [0.15, 0.2) is 0 Å². The van der Waals surface area contributed by atoms with Crippen LogP contribution in [0.25, 0.3) is 0 Å². The van der Waals surface area contributed by atoms with Crippen molar-refractivity contribution in [3.05, 3.63) is 65.9 Å². The first-order valence-electron chi connectivity index (χ1n) is 7.15. The van der Waals surface area contributed by atoms with Crippen LogP contribution in [-0.4, -0.2) is 9.97 Å². The molecule has 5 nitrogen and oxygen atoms in total. The maximum absolute atomic E-state index is 5.31. The van der Waals surface area contributed by atoms with Gasteiger partial charge in [-0.15, -0.1) is 0 Å². The number of hydrogen-bond acceptors (Lipinski definition) is 5. The molecule has 3 aromatic rings. The molecule has 0 aliphatic carbocycles. The summed E-state index contributed by atoms with van der Waals surface area (Å²) in [4.78, 5) is 8.82. The van der Waals surface area contributed by atoms with E-state index in [0.717, 1.165) is 23.1 Å². The molecule has 0 amide bonds. The van der Waals surface area contributed by atoms with E-state index in [0.29, 0.717) is 12.4 Å². The summed E-state index contributed by atoms with van der Waals surface area (Å²) < 4.78 is 5.31. The normalized spacial score (nSPS) is 10.5. The number of aryl methyl sites for hydroxylation is 2. The minimum Gasteiger partial charge on any atom is -0.467 e. The molecule has 0 unspecified atom stereocenters. The molecule has 0 saturated carbocycles. The second-order valence-corrected chi connectivity index (χ2v) is 5.06. The Bertz CT molecular complexity index is 753. The molecule has 2 heterocycles. The minimum atomic E-state index is 0.591. The van der Waals surface area contributed by atoms with Crippen LogP contribution in [0.2, 0.25) is 0 Å². The third kappa shape index (κ3) is 3.44. The number of para-hydroxylation sites is 1. The molecule has 0 aliphatic rings. The average Bonchev–Trinajstić information content (AvgIpc) is 3.00. The predicted molar refractivity (Wildman–Crippen MR) is 87.3 cm³/mol. The monoisotopic (exact) mass is 294 g/mol. The summed E-state index contributed by atoms with van der Waals surface area (Å²) in [6.45, 7) is 4.53. The van der Waals surface area contributed by atoms with Gasteiger partial charge in [0.25, 0.3) is 0 Å². The predicted octanol–water partition coefficient (Wildman–Crippen LogP) is 4.04. The van der Waals surface area contributed by atoms with E-state index in [2.05, 4.69) is 33.6 Å². The molecule has 0 aliphatic heterocycles. The van der Waals surface area contributed by atoms with Crippen molar-refractivity contribution >= 4 is 17.3 Å². The molecule has 0 saturated heterocycles. The van der Waals surface area contributed by atoms with Gasteiger partial charge in [0.05, 0.1) is 12.8 Å². The van der Waals surface area contributed by atoms with Crippen molar-refractivity contribution in [2.24, 2.45) is 0 Å². The van der Waals surface area contributed by atoms with Crippen LogP contribution in [0.3, 0.4) is 0 Å². The fraction of sp³-hybridized carbons (Fsp3) is 0.176. The van der Waals surface area contributed by atoms with E-state index in [1.807, 2.05) is 43.3 Å². The van der Waals surface area contributed by atoms with Gasteiger partial charge < -0.3 is 15.1 Å². The molecule has 0 atom stereocenters. The summed E-state index contributed by atoms with van der Waals surface area (Å²) in [6, 6.07) is 13.8. The molecule has 1 aromatic carbocycles. The molecule has 5 heteroatoms. The molecule has 2 N–H and O–H groups in total. The van der Waals surface area contributed by atoms with E-state index in [9.17, 15) is 0 Å². The fourth-order valence-corrected chi connectivity index (χ4v) is 2.16. The number of benzene rings is 1. The number of nitrogens with zero attached hydrogens (tertiary/aromatic N) is 2. The van der Waals surface area contributed by atoms with Gasteiger partial charge in [-0.3, -0.25) is 0 Å². The Morgan fingerprint density at radius 1 is 1.00 bits per heavy atom.